The fourth-order valence-corrected chi connectivity index (χ4v) is 3.04. The molecule has 0 aliphatic heterocycles. The van der Waals surface area contributed by atoms with E-state index < -0.39 is 5.97 Å². The van der Waals surface area contributed by atoms with E-state index in [-0.39, 0.29) is 17.1 Å². The number of ketones is 1. The van der Waals surface area contributed by atoms with Gasteiger partial charge in [0.25, 0.3) is 0 Å². The molecule has 6 heteroatoms. The average Bonchev–Trinajstić information content (AvgIpc) is 2.67. The molecule has 0 saturated carbocycles. The summed E-state index contributed by atoms with van der Waals surface area (Å²) in [7, 11) is 0. The summed E-state index contributed by atoms with van der Waals surface area (Å²) >= 11 is 0. The minimum absolute atomic E-state index is 0.0143. The summed E-state index contributed by atoms with van der Waals surface area (Å²) in [5.41, 5.74) is 2.01. The molecular formula is C23H28O6. The number of ether oxygens (including phenoxy) is 2. The van der Waals surface area contributed by atoms with Crippen LogP contribution in [0.5, 0.6) is 17.2 Å². The second-order valence-corrected chi connectivity index (χ2v) is 6.93. The minimum atomic E-state index is -0.957. The Labute approximate surface area is 171 Å². The highest BCUT2D eigenvalue weighted by atomic mass is 16.5. The molecule has 0 radical (unpaired) electrons. The Morgan fingerprint density at radius 1 is 1.00 bits per heavy atom. The Balaban J connectivity index is 1.84. The first-order valence-electron chi connectivity index (χ1n) is 9.80. The summed E-state index contributed by atoms with van der Waals surface area (Å²) in [5, 5.41) is 19.4. The number of phenolic OH excluding ortho intramolecular Hbond substituents is 1. The third-order valence-corrected chi connectivity index (χ3v) is 4.59. The van der Waals surface area contributed by atoms with Crippen LogP contribution >= 0.6 is 0 Å². The molecular weight excluding hydrogens is 372 g/mol. The predicted octanol–water partition coefficient (Wildman–Crippen LogP) is 4.79. The summed E-state index contributed by atoms with van der Waals surface area (Å²) in [4.78, 5) is 22.6. The van der Waals surface area contributed by atoms with E-state index in [2.05, 4.69) is 0 Å². The lowest BCUT2D eigenvalue weighted by Crippen LogP contribution is -2.06. The fraction of sp³-hybridized carbons (Fsp3) is 0.391. The first-order chi connectivity index (χ1) is 13.8. The monoisotopic (exact) mass is 400 g/mol. The Morgan fingerprint density at radius 3 is 2.17 bits per heavy atom. The molecule has 6 nitrogen and oxygen atoms in total. The van der Waals surface area contributed by atoms with Crippen LogP contribution in [0.25, 0.3) is 0 Å². The molecule has 0 spiro atoms. The van der Waals surface area contributed by atoms with Gasteiger partial charge in [0.1, 0.15) is 17.2 Å². The van der Waals surface area contributed by atoms with Crippen molar-refractivity contribution in [2.75, 3.05) is 13.2 Å². The van der Waals surface area contributed by atoms with Crippen LogP contribution in [-0.4, -0.2) is 35.2 Å². The molecule has 0 saturated heterocycles. The number of unbranched alkanes of at least 4 members (excludes halogenated alkanes) is 1. The summed E-state index contributed by atoms with van der Waals surface area (Å²) < 4.78 is 11.6. The number of aromatic carboxylic acids is 1. The number of aromatic hydroxyl groups is 1. The lowest BCUT2D eigenvalue weighted by atomic mass is 10.0. The molecule has 29 heavy (non-hydrogen) atoms. The quantitative estimate of drug-likeness (QED) is 0.416. The van der Waals surface area contributed by atoms with Crippen molar-refractivity contribution in [3.63, 3.8) is 0 Å². The van der Waals surface area contributed by atoms with Gasteiger partial charge in [0.15, 0.2) is 5.78 Å². The number of carboxylic acids is 1. The minimum Gasteiger partial charge on any atom is -0.507 e. The summed E-state index contributed by atoms with van der Waals surface area (Å²) in [5.74, 6) is 0.165. The number of rotatable bonds is 11. The molecule has 0 heterocycles. The van der Waals surface area contributed by atoms with Gasteiger partial charge in [-0.3, -0.25) is 4.79 Å². The van der Waals surface area contributed by atoms with Crippen LogP contribution in [0.3, 0.4) is 0 Å². The van der Waals surface area contributed by atoms with E-state index in [1.165, 1.54) is 13.0 Å². The van der Waals surface area contributed by atoms with Crippen LogP contribution in [0.2, 0.25) is 0 Å². The van der Waals surface area contributed by atoms with E-state index in [9.17, 15) is 14.7 Å². The maximum absolute atomic E-state index is 11.6. The highest BCUT2D eigenvalue weighted by Crippen LogP contribution is 2.33. The van der Waals surface area contributed by atoms with Crippen molar-refractivity contribution in [1.29, 1.82) is 0 Å². The predicted molar refractivity (Wildman–Crippen MR) is 110 cm³/mol. The smallest absolute Gasteiger partial charge is 0.335 e. The SMILES string of the molecule is CCCc1c(OCCCCOc2ccc(C(=O)O)cc2C)ccc(C(C)=O)c1O. The van der Waals surface area contributed by atoms with Crippen molar-refractivity contribution in [2.45, 2.75) is 46.5 Å². The fourth-order valence-electron chi connectivity index (χ4n) is 3.04. The maximum Gasteiger partial charge on any atom is 0.335 e. The van der Waals surface area contributed by atoms with Crippen molar-refractivity contribution in [3.05, 3.63) is 52.6 Å². The molecule has 0 bridgehead atoms. The van der Waals surface area contributed by atoms with E-state index in [0.717, 1.165) is 24.8 Å². The van der Waals surface area contributed by atoms with Gasteiger partial charge in [-0.1, -0.05) is 13.3 Å². The highest BCUT2D eigenvalue weighted by Gasteiger charge is 2.15. The van der Waals surface area contributed by atoms with Gasteiger partial charge < -0.3 is 19.7 Å². The van der Waals surface area contributed by atoms with Gasteiger partial charge in [-0.05, 0) is 69.0 Å². The third kappa shape index (κ3) is 5.98. The Hall–Kier alpha value is -3.02. The van der Waals surface area contributed by atoms with Crippen LogP contribution in [0, 0.1) is 6.92 Å². The van der Waals surface area contributed by atoms with Gasteiger partial charge in [-0.25, -0.2) is 4.79 Å². The normalized spacial score (nSPS) is 10.6. The van der Waals surface area contributed by atoms with Crippen LogP contribution in [-0.2, 0) is 6.42 Å². The second kappa shape index (κ2) is 10.5. The molecule has 0 unspecified atom stereocenters. The maximum atomic E-state index is 11.6. The number of hydrogen-bond donors (Lipinski definition) is 2. The lowest BCUT2D eigenvalue weighted by molar-refractivity contribution is 0.0696. The number of carbonyl (C=O) groups is 2. The molecule has 2 N–H and O–H groups in total. The standard InChI is InChI=1S/C23H28O6/c1-4-7-19-21(11-9-18(16(3)24)22(19)25)29-13-6-5-12-28-20-10-8-17(23(26)27)14-15(20)2/h8-11,14,25H,4-7,12-13H2,1-3H3,(H,26,27). The molecule has 2 aromatic rings. The molecule has 156 valence electrons. The number of Topliss-reactive ketones (excluding diaryl/α,β-unsaturated/α-hetero) is 1. The molecule has 0 aliphatic rings. The first kappa shape index (κ1) is 22.3. The lowest BCUT2D eigenvalue weighted by Gasteiger charge is -2.15. The van der Waals surface area contributed by atoms with Crippen LogP contribution in [0.1, 0.15) is 65.0 Å². The Kier molecular flexibility index (Phi) is 8.07. The molecule has 2 aromatic carbocycles. The summed E-state index contributed by atoms with van der Waals surface area (Å²) in [6.07, 6.45) is 2.99. The molecule has 0 aliphatic carbocycles. The highest BCUT2D eigenvalue weighted by molar-refractivity contribution is 5.97. The third-order valence-electron chi connectivity index (χ3n) is 4.59. The van der Waals surface area contributed by atoms with Crippen molar-refractivity contribution < 1.29 is 29.3 Å². The molecule has 0 aromatic heterocycles. The molecule has 0 fully saturated rings. The number of carbonyl (C=O) groups excluding carboxylic acids is 1. The topological polar surface area (TPSA) is 93.1 Å². The number of aryl methyl sites for hydroxylation is 1. The van der Waals surface area contributed by atoms with Gasteiger partial charge in [0.2, 0.25) is 0 Å². The van der Waals surface area contributed by atoms with Crippen LogP contribution < -0.4 is 9.47 Å². The van der Waals surface area contributed by atoms with Crippen LogP contribution in [0.4, 0.5) is 0 Å². The van der Waals surface area contributed by atoms with Crippen LogP contribution in [0.15, 0.2) is 30.3 Å². The number of benzene rings is 2. The van der Waals surface area contributed by atoms with Crippen molar-refractivity contribution in [2.24, 2.45) is 0 Å². The second-order valence-electron chi connectivity index (χ2n) is 6.93. The van der Waals surface area contributed by atoms with Gasteiger partial charge in [0, 0.05) is 5.56 Å². The number of hydrogen-bond acceptors (Lipinski definition) is 5. The average molecular weight is 400 g/mol. The Morgan fingerprint density at radius 2 is 1.62 bits per heavy atom. The first-order valence-corrected chi connectivity index (χ1v) is 9.80. The Bertz CT molecular complexity index is 872. The van der Waals surface area contributed by atoms with Gasteiger partial charge in [-0.15, -0.1) is 0 Å². The zero-order valence-corrected chi connectivity index (χ0v) is 17.2. The molecule has 2 rings (SSSR count). The summed E-state index contributed by atoms with van der Waals surface area (Å²) in [6, 6.07) is 8.13. The van der Waals surface area contributed by atoms with E-state index in [1.807, 2.05) is 13.8 Å². The molecule has 0 atom stereocenters. The number of phenols is 1. The van der Waals surface area contributed by atoms with Gasteiger partial charge in [0.05, 0.1) is 24.3 Å². The summed E-state index contributed by atoms with van der Waals surface area (Å²) in [6.45, 7) is 6.22. The van der Waals surface area contributed by atoms with Crippen molar-refractivity contribution in [3.8, 4) is 17.2 Å². The van der Waals surface area contributed by atoms with E-state index in [0.29, 0.717) is 42.3 Å². The largest absolute Gasteiger partial charge is 0.507 e. The van der Waals surface area contributed by atoms with E-state index in [4.69, 9.17) is 14.6 Å². The zero-order chi connectivity index (χ0) is 21.4. The van der Waals surface area contributed by atoms with Gasteiger partial charge >= 0.3 is 5.97 Å². The van der Waals surface area contributed by atoms with E-state index >= 15 is 0 Å². The van der Waals surface area contributed by atoms with Gasteiger partial charge in [-0.2, -0.15) is 0 Å². The zero-order valence-electron chi connectivity index (χ0n) is 17.2. The van der Waals surface area contributed by atoms with E-state index in [1.54, 1.807) is 24.3 Å². The molecule has 0 amide bonds. The number of carboxylic acid groups (broad SMARTS) is 1. The van der Waals surface area contributed by atoms with Crippen molar-refractivity contribution in [1.82, 2.24) is 0 Å². The van der Waals surface area contributed by atoms with Crippen molar-refractivity contribution >= 4 is 11.8 Å².